The highest BCUT2D eigenvalue weighted by molar-refractivity contribution is 7.22. The molecule has 1 aliphatic heterocycles. The summed E-state index contributed by atoms with van der Waals surface area (Å²) in [6.07, 6.45) is 3.09. The largest absolute Gasteiger partial charge is 0.356 e. The number of nitrogens with one attached hydrogen (secondary N) is 2. The molecule has 1 aromatic carbocycles. The number of hydrogen-bond donors (Lipinski definition) is 2. The standard InChI is InChI=1S/C23H28N6O3S/c1-4-24-21(31)16-9-6-10-28(11-16)23-27-20-19(33-23)22(32)29(13-25-20)12-17(30)26-18-14(2)7-5-8-15(18)3/h5,7-8,13,16H,4,6,9-12H2,1-3H3,(H,24,31)(H,26,30). The molecular formula is C23H28N6O3S. The Morgan fingerprint density at radius 2 is 2.00 bits per heavy atom. The molecule has 1 aliphatic rings. The molecule has 0 aliphatic carbocycles. The molecule has 2 amide bonds. The highest BCUT2D eigenvalue weighted by Gasteiger charge is 2.27. The first-order chi connectivity index (χ1) is 15.9. The Hall–Kier alpha value is -3.27. The van der Waals surface area contributed by atoms with Gasteiger partial charge in [-0.1, -0.05) is 29.5 Å². The smallest absolute Gasteiger partial charge is 0.273 e. The molecule has 9 nitrogen and oxygen atoms in total. The third kappa shape index (κ3) is 4.90. The molecule has 2 N–H and O–H groups in total. The average Bonchev–Trinajstić information content (AvgIpc) is 3.24. The highest BCUT2D eigenvalue weighted by atomic mass is 32.1. The number of aromatic nitrogens is 3. The lowest BCUT2D eigenvalue weighted by atomic mass is 9.97. The number of carbonyl (C=O) groups is 2. The van der Waals surface area contributed by atoms with Crippen molar-refractivity contribution in [3.8, 4) is 0 Å². The van der Waals surface area contributed by atoms with Crippen LogP contribution in [0.1, 0.15) is 30.9 Å². The van der Waals surface area contributed by atoms with Crippen LogP contribution in [-0.2, 0) is 16.1 Å². The monoisotopic (exact) mass is 468 g/mol. The SMILES string of the molecule is CCNC(=O)C1CCCN(c2nc3ncn(CC(=O)Nc4c(C)cccc4C)c(=O)c3s2)C1. The number of thiazole rings is 1. The number of hydrogen-bond acceptors (Lipinski definition) is 7. The number of carbonyl (C=O) groups excluding carboxylic acids is 2. The van der Waals surface area contributed by atoms with E-state index in [1.807, 2.05) is 43.9 Å². The van der Waals surface area contributed by atoms with Crippen molar-refractivity contribution in [2.45, 2.75) is 40.2 Å². The van der Waals surface area contributed by atoms with E-state index in [2.05, 4.69) is 20.6 Å². The number of aryl methyl sites for hydroxylation is 2. The molecule has 33 heavy (non-hydrogen) atoms. The third-order valence-corrected chi connectivity index (χ3v) is 6.94. The fraction of sp³-hybridized carbons (Fsp3) is 0.435. The zero-order chi connectivity index (χ0) is 23.5. The Kier molecular flexibility index (Phi) is 6.73. The summed E-state index contributed by atoms with van der Waals surface area (Å²) in [6, 6.07) is 5.79. The minimum absolute atomic E-state index is 0.0543. The molecule has 1 unspecified atom stereocenters. The van der Waals surface area contributed by atoms with E-state index in [1.165, 1.54) is 22.2 Å². The average molecular weight is 469 g/mol. The summed E-state index contributed by atoms with van der Waals surface area (Å²) in [5.41, 5.74) is 2.76. The van der Waals surface area contributed by atoms with Gasteiger partial charge in [0.25, 0.3) is 5.56 Å². The molecule has 0 saturated carbocycles. The molecule has 3 heterocycles. The molecule has 1 saturated heterocycles. The fourth-order valence-electron chi connectivity index (χ4n) is 4.11. The van der Waals surface area contributed by atoms with E-state index in [4.69, 9.17) is 0 Å². The number of fused-ring (bicyclic) bond motifs is 1. The summed E-state index contributed by atoms with van der Waals surface area (Å²) >= 11 is 1.26. The summed E-state index contributed by atoms with van der Waals surface area (Å²) in [5, 5.41) is 6.47. The number of benzene rings is 1. The molecule has 1 fully saturated rings. The lowest BCUT2D eigenvalue weighted by Gasteiger charge is -2.31. The van der Waals surface area contributed by atoms with Crippen molar-refractivity contribution >= 4 is 44.3 Å². The Morgan fingerprint density at radius 1 is 1.24 bits per heavy atom. The van der Waals surface area contributed by atoms with Gasteiger partial charge in [0.2, 0.25) is 11.8 Å². The minimum Gasteiger partial charge on any atom is -0.356 e. The van der Waals surface area contributed by atoms with E-state index >= 15 is 0 Å². The van der Waals surface area contributed by atoms with Crippen LogP contribution in [0, 0.1) is 19.8 Å². The summed E-state index contributed by atoms with van der Waals surface area (Å²) in [6.45, 7) is 7.59. The second kappa shape index (κ2) is 9.70. The number of para-hydroxylation sites is 1. The van der Waals surface area contributed by atoms with Gasteiger partial charge < -0.3 is 15.5 Å². The van der Waals surface area contributed by atoms with Crippen molar-refractivity contribution in [1.82, 2.24) is 19.9 Å². The van der Waals surface area contributed by atoms with Gasteiger partial charge in [-0.3, -0.25) is 19.0 Å². The zero-order valence-electron chi connectivity index (χ0n) is 19.1. The van der Waals surface area contributed by atoms with Gasteiger partial charge in [0.1, 0.15) is 17.6 Å². The van der Waals surface area contributed by atoms with E-state index in [9.17, 15) is 14.4 Å². The topological polar surface area (TPSA) is 109 Å². The Bertz CT molecular complexity index is 1230. The second-order valence-corrected chi connectivity index (χ2v) is 9.30. The first-order valence-corrected chi connectivity index (χ1v) is 11.9. The first kappa shape index (κ1) is 22.9. The van der Waals surface area contributed by atoms with Crippen LogP contribution in [0.4, 0.5) is 10.8 Å². The number of nitrogens with zero attached hydrogens (tertiary/aromatic N) is 4. The van der Waals surface area contributed by atoms with Crippen LogP contribution >= 0.6 is 11.3 Å². The van der Waals surface area contributed by atoms with Crippen LogP contribution in [0.3, 0.4) is 0 Å². The Morgan fingerprint density at radius 3 is 2.73 bits per heavy atom. The van der Waals surface area contributed by atoms with Crippen molar-refractivity contribution in [2.75, 3.05) is 29.9 Å². The van der Waals surface area contributed by atoms with Crippen LogP contribution < -0.4 is 21.1 Å². The molecule has 3 aromatic rings. The predicted octanol–water partition coefficient (Wildman–Crippen LogP) is 2.46. The van der Waals surface area contributed by atoms with E-state index in [0.29, 0.717) is 28.6 Å². The van der Waals surface area contributed by atoms with Crippen LogP contribution in [-0.4, -0.2) is 46.0 Å². The van der Waals surface area contributed by atoms with Crippen molar-refractivity contribution in [1.29, 1.82) is 0 Å². The first-order valence-electron chi connectivity index (χ1n) is 11.1. The zero-order valence-corrected chi connectivity index (χ0v) is 19.9. The van der Waals surface area contributed by atoms with Crippen molar-refractivity contribution in [3.05, 3.63) is 46.0 Å². The maximum Gasteiger partial charge on any atom is 0.273 e. The molecular weight excluding hydrogens is 440 g/mol. The van der Waals surface area contributed by atoms with Gasteiger partial charge >= 0.3 is 0 Å². The van der Waals surface area contributed by atoms with Crippen molar-refractivity contribution < 1.29 is 9.59 Å². The summed E-state index contributed by atoms with van der Waals surface area (Å²) < 4.78 is 1.72. The molecule has 1 atom stereocenters. The Labute approximate surface area is 195 Å². The fourth-order valence-corrected chi connectivity index (χ4v) is 5.12. The van der Waals surface area contributed by atoms with Gasteiger partial charge in [0, 0.05) is 25.3 Å². The van der Waals surface area contributed by atoms with Crippen LogP contribution in [0.15, 0.2) is 29.3 Å². The maximum absolute atomic E-state index is 13.0. The van der Waals surface area contributed by atoms with Crippen LogP contribution in [0.2, 0.25) is 0 Å². The number of piperidine rings is 1. The maximum atomic E-state index is 13.0. The van der Waals surface area contributed by atoms with Gasteiger partial charge in [0.05, 0.1) is 5.92 Å². The predicted molar refractivity (Wildman–Crippen MR) is 130 cm³/mol. The van der Waals surface area contributed by atoms with E-state index < -0.39 is 0 Å². The van der Waals surface area contributed by atoms with Gasteiger partial charge in [-0.05, 0) is 44.7 Å². The van der Waals surface area contributed by atoms with Gasteiger partial charge in [0.15, 0.2) is 10.8 Å². The van der Waals surface area contributed by atoms with Gasteiger partial charge in [-0.25, -0.2) is 4.98 Å². The third-order valence-electron chi connectivity index (χ3n) is 5.85. The van der Waals surface area contributed by atoms with E-state index in [1.54, 1.807) is 0 Å². The summed E-state index contributed by atoms with van der Waals surface area (Å²) in [7, 11) is 0. The summed E-state index contributed by atoms with van der Waals surface area (Å²) in [4.78, 5) is 48.8. The highest BCUT2D eigenvalue weighted by Crippen LogP contribution is 2.29. The van der Waals surface area contributed by atoms with E-state index in [0.717, 1.165) is 36.2 Å². The van der Waals surface area contributed by atoms with Gasteiger partial charge in [-0.15, -0.1) is 0 Å². The molecule has 2 aromatic heterocycles. The number of anilines is 2. The lowest BCUT2D eigenvalue weighted by Crippen LogP contribution is -2.43. The minimum atomic E-state index is -0.294. The molecule has 174 valence electrons. The van der Waals surface area contributed by atoms with Crippen molar-refractivity contribution in [2.24, 2.45) is 5.92 Å². The molecule has 0 radical (unpaired) electrons. The second-order valence-electron chi connectivity index (χ2n) is 8.32. The van der Waals surface area contributed by atoms with Crippen molar-refractivity contribution in [3.63, 3.8) is 0 Å². The normalized spacial score (nSPS) is 16.1. The quantitative estimate of drug-likeness (QED) is 0.575. The van der Waals surface area contributed by atoms with E-state index in [-0.39, 0.29) is 29.8 Å². The number of rotatable bonds is 6. The number of amides is 2. The van der Waals surface area contributed by atoms with Crippen LogP contribution in [0.25, 0.3) is 10.3 Å². The lowest BCUT2D eigenvalue weighted by molar-refractivity contribution is -0.125. The summed E-state index contributed by atoms with van der Waals surface area (Å²) in [5.74, 6) is -0.330. The van der Waals surface area contributed by atoms with Gasteiger partial charge in [-0.2, -0.15) is 4.98 Å². The molecule has 0 spiro atoms. The molecule has 10 heteroatoms. The molecule has 4 rings (SSSR count). The molecule has 0 bridgehead atoms. The van der Waals surface area contributed by atoms with Crippen LogP contribution in [0.5, 0.6) is 0 Å². The Balaban J connectivity index is 1.52.